The number of guanidine groups is 1. The second-order valence-corrected chi connectivity index (χ2v) is 6.30. The Labute approximate surface area is 193 Å². The summed E-state index contributed by atoms with van der Waals surface area (Å²) in [6.07, 6.45) is 0.861. The lowest BCUT2D eigenvalue weighted by Crippen LogP contribution is -2.37. The molecule has 0 saturated carbocycles. The molecule has 0 fully saturated rings. The highest BCUT2D eigenvalue weighted by molar-refractivity contribution is 14.0. The number of hydrogen-bond acceptors (Lipinski definition) is 4. The highest BCUT2D eigenvalue weighted by atomic mass is 127. The largest absolute Gasteiger partial charge is 0.497 e. The van der Waals surface area contributed by atoms with Crippen LogP contribution in [0.1, 0.15) is 21.5 Å². The van der Waals surface area contributed by atoms with E-state index in [1.54, 1.807) is 26.3 Å². The molecule has 0 bridgehead atoms. The van der Waals surface area contributed by atoms with Gasteiger partial charge < -0.3 is 26.4 Å². The number of ether oxygens (including phenoxy) is 1. The molecule has 5 N–H and O–H groups in total. The van der Waals surface area contributed by atoms with Crippen molar-refractivity contribution in [2.24, 2.45) is 10.7 Å². The smallest absolute Gasteiger partial charge is 0.251 e. The Morgan fingerprint density at radius 2 is 1.60 bits per heavy atom. The number of nitrogens with zero attached hydrogens (tertiary/aromatic N) is 1. The van der Waals surface area contributed by atoms with Crippen molar-refractivity contribution in [3.63, 3.8) is 0 Å². The van der Waals surface area contributed by atoms with Gasteiger partial charge in [0.25, 0.3) is 5.91 Å². The molecule has 0 aliphatic rings. The van der Waals surface area contributed by atoms with Gasteiger partial charge in [0.2, 0.25) is 5.91 Å². The monoisotopic (exact) mass is 525 g/mol. The van der Waals surface area contributed by atoms with Gasteiger partial charge in [-0.2, -0.15) is 0 Å². The first kappa shape index (κ1) is 25.2. The van der Waals surface area contributed by atoms with Gasteiger partial charge in [0.05, 0.1) is 13.7 Å². The lowest BCUT2D eigenvalue weighted by molar-refractivity contribution is -0.117. The molecule has 30 heavy (non-hydrogen) atoms. The number of nitrogens with one attached hydrogen (secondary N) is 3. The predicted molar refractivity (Wildman–Crippen MR) is 128 cm³/mol. The van der Waals surface area contributed by atoms with Crippen LogP contribution in [-0.2, 0) is 17.8 Å². The van der Waals surface area contributed by atoms with Crippen LogP contribution in [0.3, 0.4) is 0 Å². The summed E-state index contributed by atoms with van der Waals surface area (Å²) in [5, 5.41) is 8.96. The van der Waals surface area contributed by atoms with Gasteiger partial charge in [0, 0.05) is 25.7 Å². The molecule has 0 atom stereocenters. The molecule has 0 spiro atoms. The molecule has 0 aliphatic heterocycles. The molecule has 8 nitrogen and oxygen atoms in total. The summed E-state index contributed by atoms with van der Waals surface area (Å²) in [7, 11) is 3.37. The van der Waals surface area contributed by atoms with Crippen LogP contribution < -0.4 is 26.4 Å². The average molecular weight is 525 g/mol. The third-order valence-corrected chi connectivity index (χ3v) is 4.19. The predicted octanol–water partition coefficient (Wildman–Crippen LogP) is 1.44. The number of aliphatic imine (C=N–C) groups is 1. The van der Waals surface area contributed by atoms with Crippen LogP contribution in [0.15, 0.2) is 53.5 Å². The topological polar surface area (TPSA) is 118 Å². The summed E-state index contributed by atoms with van der Waals surface area (Å²) >= 11 is 0. The van der Waals surface area contributed by atoms with Gasteiger partial charge in [-0.1, -0.05) is 24.3 Å². The SMILES string of the molecule is CN=C(NCCc1ccc(OC)cc1)NCc1ccc(C(=O)NCC(N)=O)cc1.I. The van der Waals surface area contributed by atoms with Crippen LogP contribution in [-0.4, -0.2) is 45.0 Å². The normalized spacial score (nSPS) is 10.5. The Kier molecular flexibility index (Phi) is 11.3. The summed E-state index contributed by atoms with van der Waals surface area (Å²) in [6.45, 7) is 1.12. The molecule has 2 aromatic rings. The van der Waals surface area contributed by atoms with Crippen molar-refractivity contribution in [1.29, 1.82) is 0 Å². The second kappa shape index (κ2) is 13.4. The summed E-state index contributed by atoms with van der Waals surface area (Å²) in [5.41, 5.74) is 7.69. The van der Waals surface area contributed by atoms with Gasteiger partial charge in [-0.15, -0.1) is 24.0 Å². The maximum atomic E-state index is 11.9. The van der Waals surface area contributed by atoms with E-state index >= 15 is 0 Å². The van der Waals surface area contributed by atoms with Crippen molar-refractivity contribution in [3.8, 4) is 5.75 Å². The van der Waals surface area contributed by atoms with E-state index in [1.807, 2.05) is 36.4 Å². The average Bonchev–Trinajstić information content (AvgIpc) is 2.75. The van der Waals surface area contributed by atoms with Crippen LogP contribution in [0.2, 0.25) is 0 Å². The van der Waals surface area contributed by atoms with Crippen molar-refractivity contribution >= 4 is 41.8 Å². The second-order valence-electron chi connectivity index (χ2n) is 6.30. The van der Waals surface area contributed by atoms with E-state index in [2.05, 4.69) is 20.9 Å². The third-order valence-electron chi connectivity index (χ3n) is 4.19. The minimum absolute atomic E-state index is 0. The zero-order chi connectivity index (χ0) is 21.1. The fraction of sp³-hybridized carbons (Fsp3) is 0.286. The molecule has 2 rings (SSSR count). The molecule has 9 heteroatoms. The molecule has 0 saturated heterocycles. The first-order valence-corrected chi connectivity index (χ1v) is 9.24. The first-order valence-electron chi connectivity index (χ1n) is 9.24. The van der Waals surface area contributed by atoms with Crippen LogP contribution in [0.4, 0.5) is 0 Å². The Morgan fingerprint density at radius 3 is 2.17 bits per heavy atom. The van der Waals surface area contributed by atoms with Crippen LogP contribution in [0, 0.1) is 0 Å². The fourth-order valence-corrected chi connectivity index (χ4v) is 2.57. The molecule has 0 aliphatic carbocycles. The number of carbonyl (C=O) groups is 2. The number of hydrogen-bond donors (Lipinski definition) is 4. The van der Waals surface area contributed by atoms with E-state index in [0.29, 0.717) is 18.1 Å². The van der Waals surface area contributed by atoms with E-state index < -0.39 is 5.91 Å². The van der Waals surface area contributed by atoms with Crippen molar-refractivity contribution in [3.05, 3.63) is 65.2 Å². The number of methoxy groups -OCH3 is 1. The van der Waals surface area contributed by atoms with Gasteiger partial charge in [0.15, 0.2) is 5.96 Å². The van der Waals surface area contributed by atoms with E-state index in [1.165, 1.54) is 5.56 Å². The first-order chi connectivity index (χ1) is 14.0. The van der Waals surface area contributed by atoms with Crippen LogP contribution >= 0.6 is 24.0 Å². The van der Waals surface area contributed by atoms with Crippen LogP contribution in [0.25, 0.3) is 0 Å². The molecule has 162 valence electrons. The number of carbonyl (C=O) groups excluding carboxylic acids is 2. The summed E-state index contributed by atoms with van der Waals surface area (Å²) in [4.78, 5) is 26.8. The molecule has 0 heterocycles. The Bertz CT molecular complexity index is 839. The zero-order valence-corrected chi connectivity index (χ0v) is 19.4. The highest BCUT2D eigenvalue weighted by Gasteiger charge is 2.06. The molecule has 0 aromatic heterocycles. The van der Waals surface area contributed by atoms with Gasteiger partial charge in [0.1, 0.15) is 5.75 Å². The van der Waals surface area contributed by atoms with Gasteiger partial charge in [-0.25, -0.2) is 0 Å². The maximum Gasteiger partial charge on any atom is 0.251 e. The molecule has 2 amide bonds. The fourth-order valence-electron chi connectivity index (χ4n) is 2.57. The molecular weight excluding hydrogens is 497 g/mol. The van der Waals surface area contributed by atoms with E-state index in [4.69, 9.17) is 10.5 Å². The zero-order valence-electron chi connectivity index (χ0n) is 17.1. The third kappa shape index (κ3) is 8.68. The summed E-state index contributed by atoms with van der Waals surface area (Å²) in [6, 6.07) is 15.1. The Morgan fingerprint density at radius 1 is 0.967 bits per heavy atom. The van der Waals surface area contributed by atoms with E-state index in [-0.39, 0.29) is 36.4 Å². The van der Waals surface area contributed by atoms with Gasteiger partial charge in [-0.3, -0.25) is 14.6 Å². The summed E-state index contributed by atoms with van der Waals surface area (Å²) < 4.78 is 5.16. The maximum absolute atomic E-state index is 11.9. The Hall–Kier alpha value is -2.82. The number of amides is 2. The van der Waals surface area contributed by atoms with Crippen LogP contribution in [0.5, 0.6) is 5.75 Å². The van der Waals surface area contributed by atoms with Crippen molar-refractivity contribution in [2.45, 2.75) is 13.0 Å². The number of rotatable bonds is 9. The molecular formula is C21H28IN5O3. The van der Waals surface area contributed by atoms with Crippen molar-refractivity contribution < 1.29 is 14.3 Å². The summed E-state index contributed by atoms with van der Waals surface area (Å²) in [5.74, 6) is 0.627. The van der Waals surface area contributed by atoms with Gasteiger partial charge in [-0.05, 0) is 41.8 Å². The lowest BCUT2D eigenvalue weighted by atomic mass is 10.1. The van der Waals surface area contributed by atoms with Crippen molar-refractivity contribution in [1.82, 2.24) is 16.0 Å². The van der Waals surface area contributed by atoms with Crippen molar-refractivity contribution in [2.75, 3.05) is 27.2 Å². The lowest BCUT2D eigenvalue weighted by Gasteiger charge is -2.12. The number of halogens is 1. The number of nitrogens with two attached hydrogens (primary N) is 1. The van der Waals surface area contributed by atoms with E-state index in [9.17, 15) is 9.59 Å². The number of benzene rings is 2. The quantitative estimate of drug-likeness (QED) is 0.225. The highest BCUT2D eigenvalue weighted by Crippen LogP contribution is 2.11. The number of primary amides is 1. The Balaban J connectivity index is 0.00000450. The van der Waals surface area contributed by atoms with E-state index in [0.717, 1.165) is 24.3 Å². The molecule has 0 unspecified atom stereocenters. The standard InChI is InChI=1S/C21H27N5O3.HI/c1-23-21(24-12-11-15-5-9-18(29-2)10-6-15)26-13-16-3-7-17(8-4-16)20(28)25-14-19(22)27;/h3-10H,11-14H2,1-2H3,(H2,22,27)(H,25,28)(H2,23,24,26);1H. The van der Waals surface area contributed by atoms with Gasteiger partial charge >= 0.3 is 0 Å². The minimum Gasteiger partial charge on any atom is -0.497 e. The molecule has 0 radical (unpaired) electrons. The minimum atomic E-state index is -0.579. The molecule has 2 aromatic carbocycles.